The van der Waals surface area contributed by atoms with Gasteiger partial charge in [0.15, 0.2) is 5.41 Å². The molecule has 0 rings (SSSR count). The van der Waals surface area contributed by atoms with E-state index < -0.39 is 22.8 Å². The van der Waals surface area contributed by atoms with E-state index in [-0.39, 0.29) is 26.7 Å². The van der Waals surface area contributed by atoms with Crippen LogP contribution in [-0.4, -0.2) is 22.2 Å². The van der Waals surface area contributed by atoms with Crippen LogP contribution in [0, 0.1) is 10.8 Å². The summed E-state index contributed by atoms with van der Waals surface area (Å²) in [6.45, 7) is 7.15. The van der Waals surface area contributed by atoms with Gasteiger partial charge in [-0.1, -0.05) is 59.8 Å². The predicted molar refractivity (Wildman–Crippen MR) is 71.6 cm³/mol. The minimum Gasteiger partial charge on any atom is -1.00 e. The fourth-order valence-corrected chi connectivity index (χ4v) is 2.32. The molecule has 0 amide bonds. The number of hydrogen-bond donors (Lipinski definition) is 2. The van der Waals surface area contributed by atoms with Crippen molar-refractivity contribution in [1.29, 1.82) is 0 Å². The number of aliphatic carboxylic acids is 2. The fraction of sp³-hybridized carbons (Fsp3) is 0.857. The first-order valence-electron chi connectivity index (χ1n) is 6.67. The summed E-state index contributed by atoms with van der Waals surface area (Å²) in [5.41, 5.74) is -2.48. The van der Waals surface area contributed by atoms with Crippen molar-refractivity contribution in [2.24, 2.45) is 10.8 Å². The molecule has 19 heavy (non-hydrogen) atoms. The monoisotopic (exact) mass is 266 g/mol. The van der Waals surface area contributed by atoms with Crippen molar-refractivity contribution in [3.63, 3.8) is 0 Å². The van der Waals surface area contributed by atoms with Crippen LogP contribution in [0.5, 0.6) is 0 Å². The first-order chi connectivity index (χ1) is 8.20. The maximum absolute atomic E-state index is 11.4. The van der Waals surface area contributed by atoms with Crippen molar-refractivity contribution < 1.29 is 40.1 Å². The molecule has 0 aromatic heterocycles. The molecule has 5 heteroatoms. The SMILES string of the molecule is CCCCCCCC(C(=O)O)(C(=O)O)C(C)(C)C.[H-].[Li+]. The van der Waals surface area contributed by atoms with E-state index in [1.807, 2.05) is 0 Å². The van der Waals surface area contributed by atoms with Gasteiger partial charge < -0.3 is 11.6 Å². The van der Waals surface area contributed by atoms with E-state index in [0.29, 0.717) is 6.42 Å². The van der Waals surface area contributed by atoms with Gasteiger partial charge in [-0.15, -0.1) is 0 Å². The van der Waals surface area contributed by atoms with Gasteiger partial charge in [-0.2, -0.15) is 0 Å². The largest absolute Gasteiger partial charge is 1.00 e. The Kier molecular flexibility index (Phi) is 9.50. The van der Waals surface area contributed by atoms with Crippen LogP contribution in [0.1, 0.15) is 67.6 Å². The van der Waals surface area contributed by atoms with Gasteiger partial charge in [-0.3, -0.25) is 9.59 Å². The first-order valence-corrected chi connectivity index (χ1v) is 6.67. The molecular weight excluding hydrogens is 239 g/mol. The molecule has 0 aliphatic carbocycles. The van der Waals surface area contributed by atoms with Crippen molar-refractivity contribution in [2.45, 2.75) is 66.2 Å². The zero-order chi connectivity index (χ0) is 14.4. The molecule has 0 aromatic rings. The molecule has 0 spiro atoms. The van der Waals surface area contributed by atoms with Crippen LogP contribution in [0.4, 0.5) is 0 Å². The van der Waals surface area contributed by atoms with Gasteiger partial charge in [0.1, 0.15) is 0 Å². The zero-order valence-corrected chi connectivity index (χ0v) is 13.0. The second kappa shape index (κ2) is 8.66. The fourth-order valence-electron chi connectivity index (χ4n) is 2.32. The maximum atomic E-state index is 11.4. The van der Waals surface area contributed by atoms with Gasteiger partial charge in [0.2, 0.25) is 0 Å². The number of hydrogen-bond acceptors (Lipinski definition) is 2. The molecule has 0 fully saturated rings. The van der Waals surface area contributed by atoms with Crippen molar-refractivity contribution in [3.8, 4) is 0 Å². The minimum absolute atomic E-state index is 0. The standard InChI is InChI=1S/C14H26O4.Li.H/c1-5-6-7-8-9-10-14(11(15)16,12(17)18)13(2,3)4;;/h5-10H2,1-4H3,(H,15,16)(H,17,18);;/q;+1;-1. The van der Waals surface area contributed by atoms with Crippen LogP contribution >= 0.6 is 0 Å². The van der Waals surface area contributed by atoms with E-state index in [2.05, 4.69) is 6.92 Å². The molecule has 0 saturated heterocycles. The van der Waals surface area contributed by atoms with Crippen molar-refractivity contribution in [1.82, 2.24) is 0 Å². The number of carbonyl (C=O) groups is 2. The Morgan fingerprint density at radius 1 is 0.947 bits per heavy atom. The second-order valence-electron chi connectivity index (χ2n) is 5.93. The summed E-state index contributed by atoms with van der Waals surface area (Å²) in [6, 6.07) is 0. The van der Waals surface area contributed by atoms with Crippen molar-refractivity contribution >= 4 is 11.9 Å². The Balaban J connectivity index is -0.00000144. The number of rotatable bonds is 8. The van der Waals surface area contributed by atoms with E-state index >= 15 is 0 Å². The molecule has 0 aliphatic rings. The molecule has 0 aliphatic heterocycles. The van der Waals surface area contributed by atoms with Gasteiger partial charge in [0.25, 0.3) is 0 Å². The Morgan fingerprint density at radius 2 is 1.37 bits per heavy atom. The predicted octanol–water partition coefficient (Wildman–Crippen LogP) is 0.665. The normalized spacial score (nSPS) is 11.8. The molecule has 0 atom stereocenters. The summed E-state index contributed by atoms with van der Waals surface area (Å²) < 4.78 is 0. The third kappa shape index (κ3) is 5.20. The van der Waals surface area contributed by atoms with Gasteiger partial charge in [0, 0.05) is 0 Å². The van der Waals surface area contributed by atoms with Crippen LogP contribution in [0.3, 0.4) is 0 Å². The summed E-state index contributed by atoms with van der Waals surface area (Å²) in [5.74, 6) is -2.45. The Bertz CT molecular complexity index is 286. The van der Waals surface area contributed by atoms with E-state index in [1.54, 1.807) is 20.8 Å². The molecule has 0 bridgehead atoms. The molecule has 4 nitrogen and oxygen atoms in total. The third-order valence-electron chi connectivity index (χ3n) is 3.67. The van der Waals surface area contributed by atoms with Gasteiger partial charge in [-0.05, 0) is 11.8 Å². The Labute approximate surface area is 129 Å². The summed E-state index contributed by atoms with van der Waals surface area (Å²) in [4.78, 5) is 22.9. The summed E-state index contributed by atoms with van der Waals surface area (Å²) in [7, 11) is 0. The maximum Gasteiger partial charge on any atom is 1.00 e. The van der Waals surface area contributed by atoms with E-state index in [0.717, 1.165) is 25.7 Å². The quantitative estimate of drug-likeness (QED) is 0.384. The molecule has 2 N–H and O–H groups in total. The summed E-state index contributed by atoms with van der Waals surface area (Å²) >= 11 is 0. The van der Waals surface area contributed by atoms with E-state index in [9.17, 15) is 19.8 Å². The van der Waals surface area contributed by atoms with Crippen LogP contribution in [0.2, 0.25) is 0 Å². The average Bonchev–Trinajstić information content (AvgIpc) is 2.20. The van der Waals surface area contributed by atoms with Crippen LogP contribution in [0.15, 0.2) is 0 Å². The Hall–Kier alpha value is -0.463. The molecule has 0 radical (unpaired) electrons. The topological polar surface area (TPSA) is 74.6 Å². The molecule has 0 saturated carbocycles. The molecule has 108 valence electrons. The number of carboxylic acid groups (broad SMARTS) is 2. The molecular formula is C14H27LiO4. The molecule has 0 aromatic carbocycles. The van der Waals surface area contributed by atoms with Gasteiger partial charge >= 0.3 is 30.8 Å². The minimum atomic E-state index is -1.68. The smallest absolute Gasteiger partial charge is 1.00 e. The summed E-state index contributed by atoms with van der Waals surface area (Å²) in [5, 5.41) is 18.7. The van der Waals surface area contributed by atoms with Gasteiger partial charge in [-0.25, -0.2) is 0 Å². The number of carboxylic acids is 2. The third-order valence-corrected chi connectivity index (χ3v) is 3.67. The molecule has 0 heterocycles. The van der Waals surface area contributed by atoms with Crippen molar-refractivity contribution in [2.75, 3.05) is 0 Å². The zero-order valence-electron chi connectivity index (χ0n) is 14.0. The van der Waals surface area contributed by atoms with E-state index in [1.165, 1.54) is 0 Å². The van der Waals surface area contributed by atoms with Crippen LogP contribution in [-0.2, 0) is 9.59 Å². The van der Waals surface area contributed by atoms with E-state index in [4.69, 9.17) is 0 Å². The van der Waals surface area contributed by atoms with Crippen LogP contribution < -0.4 is 18.9 Å². The number of unbranched alkanes of at least 4 members (excludes halogenated alkanes) is 4. The second-order valence-corrected chi connectivity index (χ2v) is 5.93. The van der Waals surface area contributed by atoms with Crippen molar-refractivity contribution in [3.05, 3.63) is 0 Å². The van der Waals surface area contributed by atoms with Gasteiger partial charge in [0.05, 0.1) is 0 Å². The van der Waals surface area contributed by atoms with Crippen LogP contribution in [0.25, 0.3) is 0 Å². The average molecular weight is 266 g/mol. The summed E-state index contributed by atoms with van der Waals surface area (Å²) in [6.07, 6.45) is 5.01. The first kappa shape index (κ1) is 20.8. The Morgan fingerprint density at radius 3 is 1.68 bits per heavy atom. The molecule has 0 unspecified atom stereocenters.